The minimum absolute atomic E-state index is 0.0989. The zero-order chi connectivity index (χ0) is 13.0. The fourth-order valence-electron chi connectivity index (χ4n) is 1.28. The predicted molar refractivity (Wildman–Crippen MR) is 65.0 cm³/mol. The van der Waals surface area contributed by atoms with Crippen molar-refractivity contribution in [1.29, 1.82) is 0 Å². The first kappa shape index (κ1) is 13.0. The molecule has 0 heterocycles. The number of nitrogens with one attached hydrogen (secondary N) is 1. The monoisotopic (exact) mass is 236 g/mol. The minimum Gasteiger partial charge on any atom is -0.507 e. The summed E-state index contributed by atoms with van der Waals surface area (Å²) < 4.78 is 0. The van der Waals surface area contributed by atoms with Crippen LogP contribution in [0.3, 0.4) is 0 Å². The van der Waals surface area contributed by atoms with Crippen LogP contribution in [0, 0.1) is 0 Å². The second-order valence-corrected chi connectivity index (χ2v) is 3.83. The van der Waals surface area contributed by atoms with E-state index in [2.05, 4.69) is 5.32 Å². The zero-order valence-electron chi connectivity index (χ0n) is 10.2. The van der Waals surface area contributed by atoms with Gasteiger partial charge in [-0.15, -0.1) is 0 Å². The number of nitrogens with zero attached hydrogens (tertiary/aromatic N) is 1. The summed E-state index contributed by atoms with van der Waals surface area (Å²) >= 11 is 0. The molecule has 0 aromatic heterocycles. The third-order valence-electron chi connectivity index (χ3n) is 2.24. The molecule has 0 fully saturated rings. The van der Waals surface area contributed by atoms with Gasteiger partial charge in [-0.2, -0.15) is 0 Å². The lowest BCUT2D eigenvalue weighted by molar-refractivity contribution is -0.115. The van der Waals surface area contributed by atoms with Gasteiger partial charge in [0.2, 0.25) is 5.91 Å². The fraction of sp³-hybridized carbons (Fsp3) is 0.333. The number of aromatic hydroxyl groups is 1. The number of hydrogen-bond donors (Lipinski definition) is 2. The molecule has 2 N–H and O–H groups in total. The second kappa shape index (κ2) is 5.34. The lowest BCUT2D eigenvalue weighted by atomic mass is 10.1. The van der Waals surface area contributed by atoms with Gasteiger partial charge in [0.25, 0.3) is 5.91 Å². The van der Waals surface area contributed by atoms with E-state index < -0.39 is 0 Å². The summed E-state index contributed by atoms with van der Waals surface area (Å²) in [4.78, 5) is 24.3. The number of carbonyl (C=O) groups is 2. The Labute approximate surface area is 100 Å². The Morgan fingerprint density at radius 1 is 1.35 bits per heavy atom. The molecule has 2 amide bonds. The SMILES string of the molecule is CCC(=O)Nc1ccc(O)c(C(=O)N(C)C)c1. The summed E-state index contributed by atoms with van der Waals surface area (Å²) in [7, 11) is 3.19. The topological polar surface area (TPSA) is 69.6 Å². The van der Waals surface area contributed by atoms with Gasteiger partial charge in [-0.05, 0) is 18.2 Å². The molecule has 17 heavy (non-hydrogen) atoms. The first-order valence-corrected chi connectivity index (χ1v) is 5.30. The Kier molecular flexibility index (Phi) is 4.09. The fourth-order valence-corrected chi connectivity index (χ4v) is 1.28. The Bertz CT molecular complexity index is 441. The molecule has 0 saturated heterocycles. The molecular weight excluding hydrogens is 220 g/mol. The van der Waals surface area contributed by atoms with E-state index in [-0.39, 0.29) is 23.1 Å². The second-order valence-electron chi connectivity index (χ2n) is 3.83. The molecule has 0 spiro atoms. The lowest BCUT2D eigenvalue weighted by Crippen LogP contribution is -2.22. The van der Waals surface area contributed by atoms with Crippen LogP contribution >= 0.6 is 0 Å². The average molecular weight is 236 g/mol. The van der Waals surface area contributed by atoms with Gasteiger partial charge in [-0.1, -0.05) is 6.92 Å². The van der Waals surface area contributed by atoms with Gasteiger partial charge in [0.15, 0.2) is 0 Å². The minimum atomic E-state index is -0.310. The van der Waals surface area contributed by atoms with Crippen LogP contribution in [0.25, 0.3) is 0 Å². The van der Waals surface area contributed by atoms with Crippen molar-refractivity contribution >= 4 is 17.5 Å². The van der Waals surface area contributed by atoms with E-state index in [0.29, 0.717) is 12.1 Å². The van der Waals surface area contributed by atoms with Crippen LogP contribution < -0.4 is 5.32 Å². The van der Waals surface area contributed by atoms with Crippen LogP contribution in [0.2, 0.25) is 0 Å². The van der Waals surface area contributed by atoms with Crippen LogP contribution in [0.5, 0.6) is 5.75 Å². The van der Waals surface area contributed by atoms with E-state index in [0.717, 1.165) is 0 Å². The molecule has 5 nitrogen and oxygen atoms in total. The van der Waals surface area contributed by atoms with Crippen molar-refractivity contribution in [2.24, 2.45) is 0 Å². The maximum Gasteiger partial charge on any atom is 0.257 e. The summed E-state index contributed by atoms with van der Waals surface area (Å²) in [5.74, 6) is -0.549. The number of hydrogen-bond acceptors (Lipinski definition) is 3. The number of phenols is 1. The van der Waals surface area contributed by atoms with Crippen molar-refractivity contribution in [3.05, 3.63) is 23.8 Å². The molecule has 1 aromatic rings. The molecular formula is C12H16N2O3. The molecule has 1 aromatic carbocycles. The number of anilines is 1. The summed E-state index contributed by atoms with van der Waals surface area (Å²) in [6.07, 6.45) is 0.359. The summed E-state index contributed by atoms with van der Waals surface area (Å²) in [6, 6.07) is 4.41. The average Bonchev–Trinajstić information content (AvgIpc) is 2.30. The van der Waals surface area contributed by atoms with Crippen molar-refractivity contribution in [3.8, 4) is 5.75 Å². The normalized spacial score (nSPS) is 9.82. The van der Waals surface area contributed by atoms with Crippen molar-refractivity contribution in [2.45, 2.75) is 13.3 Å². The third-order valence-corrected chi connectivity index (χ3v) is 2.24. The van der Waals surface area contributed by atoms with Crippen LogP contribution in [-0.2, 0) is 4.79 Å². The molecule has 0 atom stereocenters. The van der Waals surface area contributed by atoms with Crippen molar-refractivity contribution in [2.75, 3.05) is 19.4 Å². The van der Waals surface area contributed by atoms with Crippen LogP contribution in [0.4, 0.5) is 5.69 Å². The van der Waals surface area contributed by atoms with E-state index in [1.54, 1.807) is 27.1 Å². The summed E-state index contributed by atoms with van der Waals surface area (Å²) in [5.41, 5.74) is 0.670. The van der Waals surface area contributed by atoms with Crippen LogP contribution in [0.15, 0.2) is 18.2 Å². The maximum atomic E-state index is 11.7. The van der Waals surface area contributed by atoms with Crippen molar-refractivity contribution in [1.82, 2.24) is 4.90 Å². The molecule has 5 heteroatoms. The van der Waals surface area contributed by atoms with E-state index >= 15 is 0 Å². The van der Waals surface area contributed by atoms with E-state index in [4.69, 9.17) is 0 Å². The van der Waals surface area contributed by atoms with Crippen molar-refractivity contribution in [3.63, 3.8) is 0 Å². The van der Waals surface area contributed by atoms with Gasteiger partial charge in [0.1, 0.15) is 5.75 Å². The Morgan fingerprint density at radius 3 is 2.53 bits per heavy atom. The number of amides is 2. The van der Waals surface area contributed by atoms with Gasteiger partial charge >= 0.3 is 0 Å². The van der Waals surface area contributed by atoms with Crippen molar-refractivity contribution < 1.29 is 14.7 Å². The molecule has 0 aliphatic rings. The quantitative estimate of drug-likeness (QED) is 0.780. The van der Waals surface area contributed by atoms with E-state index in [1.807, 2.05) is 0 Å². The van der Waals surface area contributed by atoms with E-state index in [9.17, 15) is 14.7 Å². The summed E-state index contributed by atoms with van der Waals surface area (Å²) in [6.45, 7) is 1.74. The highest BCUT2D eigenvalue weighted by molar-refractivity contribution is 5.99. The first-order valence-electron chi connectivity index (χ1n) is 5.30. The van der Waals surface area contributed by atoms with Gasteiger partial charge in [0.05, 0.1) is 5.56 Å². The highest BCUT2D eigenvalue weighted by Crippen LogP contribution is 2.22. The van der Waals surface area contributed by atoms with Gasteiger partial charge in [0, 0.05) is 26.2 Å². The molecule has 0 aliphatic heterocycles. The zero-order valence-corrected chi connectivity index (χ0v) is 10.2. The highest BCUT2D eigenvalue weighted by Gasteiger charge is 2.14. The number of benzene rings is 1. The largest absolute Gasteiger partial charge is 0.507 e. The molecule has 0 bridgehead atoms. The predicted octanol–water partition coefficient (Wildman–Crippen LogP) is 1.44. The number of carbonyl (C=O) groups excluding carboxylic acids is 2. The van der Waals surface area contributed by atoms with Gasteiger partial charge in [-0.3, -0.25) is 9.59 Å². The van der Waals surface area contributed by atoms with Crippen LogP contribution in [0.1, 0.15) is 23.7 Å². The number of phenolic OH excluding ortho intramolecular Hbond substituents is 1. The van der Waals surface area contributed by atoms with Crippen LogP contribution in [-0.4, -0.2) is 35.9 Å². The number of rotatable bonds is 3. The summed E-state index contributed by atoms with van der Waals surface area (Å²) in [5, 5.41) is 12.2. The first-order chi connectivity index (χ1) is 7.95. The van der Waals surface area contributed by atoms with Gasteiger partial charge in [-0.25, -0.2) is 0 Å². The molecule has 0 saturated carbocycles. The smallest absolute Gasteiger partial charge is 0.257 e. The Morgan fingerprint density at radius 2 is 2.00 bits per heavy atom. The molecule has 0 unspecified atom stereocenters. The lowest BCUT2D eigenvalue weighted by Gasteiger charge is -2.13. The Balaban J connectivity index is 3.02. The molecule has 1 rings (SSSR count). The third kappa shape index (κ3) is 3.21. The molecule has 0 radical (unpaired) electrons. The van der Waals surface area contributed by atoms with E-state index in [1.165, 1.54) is 17.0 Å². The molecule has 0 aliphatic carbocycles. The Hall–Kier alpha value is -2.04. The maximum absolute atomic E-state index is 11.7. The molecule has 92 valence electrons. The standard InChI is InChI=1S/C12H16N2O3/c1-4-11(16)13-8-5-6-10(15)9(7-8)12(17)14(2)3/h5-7,15H,4H2,1-3H3,(H,13,16). The highest BCUT2D eigenvalue weighted by atomic mass is 16.3. The van der Waals surface area contributed by atoms with Gasteiger partial charge < -0.3 is 15.3 Å².